The van der Waals surface area contributed by atoms with Crippen LogP contribution in [0.1, 0.15) is 13.8 Å². The van der Waals surface area contributed by atoms with Crippen LogP contribution in [0, 0.1) is 11.7 Å². The summed E-state index contributed by atoms with van der Waals surface area (Å²) in [5, 5.41) is 16.1. The van der Waals surface area contributed by atoms with Gasteiger partial charge in [0.15, 0.2) is 0 Å². The molecule has 8 heteroatoms. The number of nitrogens with one attached hydrogen (secondary N) is 2. The Balaban J connectivity index is 2.00. The number of halogens is 2. The minimum atomic E-state index is -0.452. The van der Waals surface area contributed by atoms with Gasteiger partial charge in [0.2, 0.25) is 5.95 Å². The summed E-state index contributed by atoms with van der Waals surface area (Å²) in [6.07, 6.45) is 1.67. The molecule has 0 saturated carbocycles. The van der Waals surface area contributed by atoms with Gasteiger partial charge in [-0.3, -0.25) is 4.98 Å². The molecule has 3 aromatic rings. The number of aromatic nitrogens is 3. The first kappa shape index (κ1) is 20.0. The van der Waals surface area contributed by atoms with Crippen LogP contribution < -0.4 is 10.6 Å². The van der Waals surface area contributed by atoms with Gasteiger partial charge in [-0.1, -0.05) is 31.5 Å². The first-order valence-electron chi connectivity index (χ1n) is 8.86. The Bertz CT molecular complexity index is 939. The standard InChI is InChI=1S/C20H21ClFN5O/c1-12(2)18(11-28)26-20-25-17(15-5-3-4-8-23-15)10-19(27-20)24-16-9-13(21)6-7-14(16)22/h3-10,12,18,28H,11H2,1-2H3,(H2,24,25,26,27)/t18-/m0/s1. The zero-order chi connectivity index (χ0) is 20.1. The molecule has 0 fully saturated rings. The fourth-order valence-electron chi connectivity index (χ4n) is 2.54. The number of aliphatic hydroxyl groups excluding tert-OH is 1. The SMILES string of the molecule is CC(C)[C@H](CO)Nc1nc(Nc2cc(Cl)ccc2F)cc(-c2ccccn2)n1. The van der Waals surface area contributed by atoms with Gasteiger partial charge in [0.05, 0.1) is 29.7 Å². The molecule has 1 atom stereocenters. The maximum atomic E-state index is 14.1. The normalized spacial score (nSPS) is 12.1. The van der Waals surface area contributed by atoms with Gasteiger partial charge in [0, 0.05) is 17.3 Å². The number of benzene rings is 1. The van der Waals surface area contributed by atoms with E-state index < -0.39 is 5.82 Å². The number of rotatable bonds is 7. The summed E-state index contributed by atoms with van der Waals surface area (Å²) in [5.74, 6) is 0.391. The van der Waals surface area contributed by atoms with Crippen molar-refractivity contribution < 1.29 is 9.50 Å². The Morgan fingerprint density at radius 1 is 1.11 bits per heavy atom. The maximum Gasteiger partial charge on any atom is 0.225 e. The molecule has 0 bridgehead atoms. The Labute approximate surface area is 167 Å². The average molecular weight is 402 g/mol. The van der Waals surface area contributed by atoms with E-state index in [1.54, 1.807) is 12.3 Å². The van der Waals surface area contributed by atoms with Crippen LogP contribution in [0.15, 0.2) is 48.7 Å². The molecular formula is C20H21ClFN5O. The topological polar surface area (TPSA) is 83.0 Å². The molecule has 0 aliphatic heterocycles. The minimum Gasteiger partial charge on any atom is -0.394 e. The van der Waals surface area contributed by atoms with Crippen LogP contribution in [-0.2, 0) is 0 Å². The van der Waals surface area contributed by atoms with E-state index in [1.807, 2.05) is 32.0 Å². The second-order valence-electron chi connectivity index (χ2n) is 6.60. The summed E-state index contributed by atoms with van der Waals surface area (Å²) in [5.41, 5.74) is 1.41. The molecule has 0 unspecified atom stereocenters. The van der Waals surface area contributed by atoms with Gasteiger partial charge in [-0.15, -0.1) is 0 Å². The van der Waals surface area contributed by atoms with E-state index in [0.29, 0.717) is 28.2 Å². The van der Waals surface area contributed by atoms with Crippen LogP contribution in [0.4, 0.5) is 21.8 Å². The summed E-state index contributed by atoms with van der Waals surface area (Å²) >= 11 is 5.97. The highest BCUT2D eigenvalue weighted by atomic mass is 35.5. The first-order valence-corrected chi connectivity index (χ1v) is 9.24. The average Bonchev–Trinajstić information content (AvgIpc) is 2.69. The van der Waals surface area contributed by atoms with E-state index in [1.165, 1.54) is 18.2 Å². The smallest absolute Gasteiger partial charge is 0.225 e. The molecule has 146 valence electrons. The van der Waals surface area contributed by atoms with Crippen molar-refractivity contribution in [2.45, 2.75) is 19.9 Å². The van der Waals surface area contributed by atoms with Gasteiger partial charge < -0.3 is 15.7 Å². The van der Waals surface area contributed by atoms with E-state index in [9.17, 15) is 9.50 Å². The van der Waals surface area contributed by atoms with Crippen LogP contribution in [0.5, 0.6) is 0 Å². The molecule has 3 rings (SSSR count). The molecule has 2 aromatic heterocycles. The molecule has 2 heterocycles. The fourth-order valence-corrected chi connectivity index (χ4v) is 2.71. The third-order valence-corrected chi connectivity index (χ3v) is 4.40. The largest absolute Gasteiger partial charge is 0.394 e. The molecule has 0 spiro atoms. The van der Waals surface area contributed by atoms with Gasteiger partial charge >= 0.3 is 0 Å². The molecule has 28 heavy (non-hydrogen) atoms. The number of hydrogen-bond acceptors (Lipinski definition) is 6. The lowest BCUT2D eigenvalue weighted by Gasteiger charge is -2.20. The third-order valence-electron chi connectivity index (χ3n) is 4.16. The van der Waals surface area contributed by atoms with E-state index in [4.69, 9.17) is 11.6 Å². The number of anilines is 3. The van der Waals surface area contributed by atoms with Crippen molar-refractivity contribution in [1.82, 2.24) is 15.0 Å². The summed E-state index contributed by atoms with van der Waals surface area (Å²) in [6, 6.07) is 11.2. The van der Waals surface area contributed by atoms with Crippen molar-refractivity contribution in [2.24, 2.45) is 5.92 Å². The second-order valence-corrected chi connectivity index (χ2v) is 7.04. The maximum absolute atomic E-state index is 14.1. The first-order chi connectivity index (χ1) is 13.5. The molecule has 0 aliphatic rings. The second kappa shape index (κ2) is 8.95. The molecule has 1 aromatic carbocycles. The minimum absolute atomic E-state index is 0.0689. The Hall–Kier alpha value is -2.77. The van der Waals surface area contributed by atoms with Crippen molar-refractivity contribution in [2.75, 3.05) is 17.2 Å². The molecule has 3 N–H and O–H groups in total. The van der Waals surface area contributed by atoms with Crippen molar-refractivity contribution >= 4 is 29.1 Å². The highest BCUT2D eigenvalue weighted by Crippen LogP contribution is 2.26. The monoisotopic (exact) mass is 401 g/mol. The number of aliphatic hydroxyl groups is 1. The summed E-state index contributed by atoms with van der Waals surface area (Å²) in [6.45, 7) is 3.90. The van der Waals surface area contributed by atoms with Gasteiger partial charge in [-0.25, -0.2) is 9.37 Å². The van der Waals surface area contributed by atoms with Crippen LogP contribution in [-0.4, -0.2) is 32.7 Å². The van der Waals surface area contributed by atoms with Crippen molar-refractivity contribution in [3.8, 4) is 11.4 Å². The summed E-state index contributed by atoms with van der Waals surface area (Å²) in [7, 11) is 0. The van der Waals surface area contributed by atoms with Crippen LogP contribution in [0.3, 0.4) is 0 Å². The Morgan fingerprint density at radius 2 is 1.93 bits per heavy atom. The zero-order valence-corrected chi connectivity index (χ0v) is 16.3. The highest BCUT2D eigenvalue weighted by Gasteiger charge is 2.16. The van der Waals surface area contributed by atoms with Crippen molar-refractivity contribution in [1.29, 1.82) is 0 Å². The lowest BCUT2D eigenvalue weighted by molar-refractivity contribution is 0.248. The fraction of sp³-hybridized carbons (Fsp3) is 0.250. The van der Waals surface area contributed by atoms with Gasteiger partial charge in [-0.2, -0.15) is 4.98 Å². The van der Waals surface area contributed by atoms with E-state index >= 15 is 0 Å². The quantitative estimate of drug-likeness (QED) is 0.540. The summed E-state index contributed by atoms with van der Waals surface area (Å²) in [4.78, 5) is 13.2. The van der Waals surface area contributed by atoms with Crippen molar-refractivity contribution in [3.63, 3.8) is 0 Å². The molecule has 0 saturated heterocycles. The number of nitrogens with zero attached hydrogens (tertiary/aromatic N) is 3. The molecular weight excluding hydrogens is 381 g/mol. The number of hydrogen-bond donors (Lipinski definition) is 3. The van der Waals surface area contributed by atoms with E-state index in [-0.39, 0.29) is 24.3 Å². The predicted octanol–water partition coefficient (Wildman–Crippen LogP) is 4.50. The molecule has 0 amide bonds. The van der Waals surface area contributed by atoms with Crippen LogP contribution >= 0.6 is 11.6 Å². The van der Waals surface area contributed by atoms with Gasteiger partial charge in [0.25, 0.3) is 0 Å². The van der Waals surface area contributed by atoms with Gasteiger partial charge in [0.1, 0.15) is 11.6 Å². The Morgan fingerprint density at radius 3 is 2.61 bits per heavy atom. The molecule has 6 nitrogen and oxygen atoms in total. The molecule has 0 aliphatic carbocycles. The lowest BCUT2D eigenvalue weighted by atomic mass is 10.1. The predicted molar refractivity (Wildman–Crippen MR) is 109 cm³/mol. The molecule has 0 radical (unpaired) electrons. The van der Waals surface area contributed by atoms with Crippen molar-refractivity contribution in [3.05, 3.63) is 59.5 Å². The lowest BCUT2D eigenvalue weighted by Crippen LogP contribution is -2.30. The third kappa shape index (κ3) is 4.94. The van der Waals surface area contributed by atoms with E-state index in [0.717, 1.165) is 0 Å². The highest BCUT2D eigenvalue weighted by molar-refractivity contribution is 6.30. The van der Waals surface area contributed by atoms with Gasteiger partial charge in [-0.05, 0) is 36.2 Å². The van der Waals surface area contributed by atoms with E-state index in [2.05, 4.69) is 25.6 Å². The summed E-state index contributed by atoms with van der Waals surface area (Å²) < 4.78 is 14.1. The van der Waals surface area contributed by atoms with Crippen LogP contribution in [0.25, 0.3) is 11.4 Å². The van der Waals surface area contributed by atoms with Crippen LogP contribution in [0.2, 0.25) is 5.02 Å². The zero-order valence-electron chi connectivity index (χ0n) is 15.5. The number of pyridine rings is 1. The Kier molecular flexibility index (Phi) is 6.38.